The zero-order valence-corrected chi connectivity index (χ0v) is 11.0. The number of nitrogens with zero attached hydrogens (tertiary/aromatic N) is 1. The quantitative estimate of drug-likeness (QED) is 0.719. The van der Waals surface area contributed by atoms with E-state index in [0.29, 0.717) is 27.7 Å². The van der Waals surface area contributed by atoms with Gasteiger partial charge in [0.05, 0.1) is 0 Å². The molecule has 1 nitrogen and oxygen atoms in total. The van der Waals surface area contributed by atoms with Gasteiger partial charge in [0.25, 0.3) is 0 Å². The van der Waals surface area contributed by atoms with Crippen LogP contribution in [0, 0.1) is 6.92 Å². The minimum Gasteiger partial charge on any atom is -0.261 e. The summed E-state index contributed by atoms with van der Waals surface area (Å²) in [7, 11) is 0. The predicted octanol–water partition coefficient (Wildman–Crippen LogP) is 4.88. The summed E-state index contributed by atoms with van der Waals surface area (Å²) in [6.45, 7) is 1.82. The molecule has 0 bridgehead atoms. The Balaban J connectivity index is 2.40. The Labute approximate surface area is 111 Å². The smallest absolute Gasteiger partial charge is 0.261 e. The summed E-state index contributed by atoms with van der Waals surface area (Å²) >= 11 is 6.46. The maximum atomic E-state index is 12.5. The van der Waals surface area contributed by atoms with E-state index in [-0.39, 0.29) is 0 Å². The highest BCUT2D eigenvalue weighted by Crippen LogP contribution is 2.38. The van der Waals surface area contributed by atoms with Crippen LogP contribution >= 0.6 is 22.9 Å². The largest absolute Gasteiger partial charge is 0.425 e. The fraction of sp³-hybridized carbons (Fsp3) is 0.250. The van der Waals surface area contributed by atoms with Gasteiger partial charge in [-0.05, 0) is 30.7 Å². The number of halogens is 4. The van der Waals surface area contributed by atoms with Gasteiger partial charge in [0.2, 0.25) is 0 Å². The van der Waals surface area contributed by atoms with Gasteiger partial charge in [-0.25, -0.2) is 0 Å². The first-order valence-corrected chi connectivity index (χ1v) is 6.46. The van der Waals surface area contributed by atoms with E-state index in [9.17, 15) is 13.2 Å². The van der Waals surface area contributed by atoms with Gasteiger partial charge in [-0.1, -0.05) is 0 Å². The summed E-state index contributed by atoms with van der Waals surface area (Å²) in [5, 5.41) is 0. The molecule has 0 aliphatic rings. The molecule has 0 N–H and O–H groups in total. The maximum absolute atomic E-state index is 12.5. The van der Waals surface area contributed by atoms with E-state index in [4.69, 9.17) is 11.6 Å². The molecule has 2 aromatic heterocycles. The average Bonchev–Trinajstić information content (AvgIpc) is 2.78. The van der Waals surface area contributed by atoms with Crippen molar-refractivity contribution in [2.75, 3.05) is 0 Å². The van der Waals surface area contributed by atoms with Crippen LogP contribution in [0.4, 0.5) is 13.2 Å². The molecular weight excluding hydrogens is 283 g/mol. The van der Waals surface area contributed by atoms with Gasteiger partial charge in [-0.15, -0.1) is 22.9 Å². The summed E-state index contributed by atoms with van der Waals surface area (Å²) in [6, 6.07) is 4.32. The second kappa shape index (κ2) is 4.90. The molecule has 2 heterocycles. The second-order valence-corrected chi connectivity index (χ2v) is 5.11. The molecule has 0 fully saturated rings. The average molecular weight is 292 g/mol. The van der Waals surface area contributed by atoms with Gasteiger partial charge in [0, 0.05) is 28.2 Å². The third-order valence-electron chi connectivity index (χ3n) is 2.51. The normalized spacial score (nSPS) is 11.8. The lowest BCUT2D eigenvalue weighted by Crippen LogP contribution is -2.00. The Morgan fingerprint density at radius 2 is 2.06 bits per heavy atom. The molecule has 0 spiro atoms. The summed E-state index contributed by atoms with van der Waals surface area (Å²) < 4.78 is 37.5. The van der Waals surface area contributed by atoms with E-state index in [1.807, 2.05) is 6.92 Å². The van der Waals surface area contributed by atoms with Crippen molar-refractivity contribution >= 4 is 22.9 Å². The Hall–Kier alpha value is -1.07. The molecule has 0 aliphatic carbocycles. The molecule has 0 aromatic carbocycles. The van der Waals surface area contributed by atoms with Crippen LogP contribution < -0.4 is 0 Å². The molecule has 0 atom stereocenters. The second-order valence-electron chi connectivity index (χ2n) is 3.76. The van der Waals surface area contributed by atoms with Crippen LogP contribution in [0.3, 0.4) is 0 Å². The number of aryl methyl sites for hydroxylation is 1. The fourth-order valence-corrected chi connectivity index (χ4v) is 2.62. The Morgan fingerprint density at radius 1 is 1.33 bits per heavy atom. The summed E-state index contributed by atoms with van der Waals surface area (Å²) in [6.07, 6.45) is -2.73. The van der Waals surface area contributed by atoms with E-state index >= 15 is 0 Å². The van der Waals surface area contributed by atoms with Gasteiger partial charge in [0.1, 0.15) is 4.88 Å². The van der Waals surface area contributed by atoms with E-state index in [1.54, 1.807) is 12.3 Å². The molecule has 2 rings (SSSR count). The molecule has 18 heavy (non-hydrogen) atoms. The van der Waals surface area contributed by atoms with Crippen LogP contribution in [0.5, 0.6) is 0 Å². The van der Waals surface area contributed by atoms with Crippen molar-refractivity contribution in [3.63, 3.8) is 0 Å². The first-order valence-electron chi connectivity index (χ1n) is 5.10. The van der Waals surface area contributed by atoms with Crippen molar-refractivity contribution in [3.8, 4) is 10.4 Å². The molecule has 0 unspecified atom stereocenters. The van der Waals surface area contributed by atoms with E-state index in [0.717, 1.165) is 17.3 Å². The van der Waals surface area contributed by atoms with Crippen molar-refractivity contribution in [2.45, 2.75) is 19.0 Å². The summed E-state index contributed by atoms with van der Waals surface area (Å²) in [5.74, 6) is 0.296. The maximum Gasteiger partial charge on any atom is 0.425 e. The topological polar surface area (TPSA) is 12.9 Å². The molecule has 2 aromatic rings. The van der Waals surface area contributed by atoms with Crippen molar-refractivity contribution in [1.82, 2.24) is 4.98 Å². The summed E-state index contributed by atoms with van der Waals surface area (Å²) in [4.78, 5) is 4.08. The van der Waals surface area contributed by atoms with Crippen molar-refractivity contribution in [2.24, 2.45) is 0 Å². The van der Waals surface area contributed by atoms with Gasteiger partial charge in [-0.2, -0.15) is 13.2 Å². The third kappa shape index (κ3) is 2.67. The molecule has 0 aliphatic heterocycles. The molecule has 0 amide bonds. The van der Waals surface area contributed by atoms with Crippen LogP contribution in [-0.4, -0.2) is 4.98 Å². The number of pyridine rings is 1. The number of alkyl halides is 4. The van der Waals surface area contributed by atoms with Crippen LogP contribution in [-0.2, 0) is 12.1 Å². The SMILES string of the molecule is Cc1ncc(-c2ccc(C(F)(F)F)s2)cc1CCl. The highest BCUT2D eigenvalue weighted by Gasteiger charge is 2.32. The zero-order chi connectivity index (χ0) is 13.3. The molecule has 6 heteroatoms. The molecular formula is C12H9ClF3NS. The Kier molecular flexibility index (Phi) is 3.64. The third-order valence-corrected chi connectivity index (χ3v) is 3.97. The van der Waals surface area contributed by atoms with Crippen LogP contribution in [0.1, 0.15) is 16.1 Å². The number of aromatic nitrogens is 1. The lowest BCUT2D eigenvalue weighted by molar-refractivity contribution is -0.134. The minimum atomic E-state index is -4.30. The number of hydrogen-bond donors (Lipinski definition) is 0. The van der Waals surface area contributed by atoms with Gasteiger partial charge < -0.3 is 0 Å². The molecule has 0 radical (unpaired) electrons. The van der Waals surface area contributed by atoms with Gasteiger partial charge >= 0.3 is 6.18 Å². The van der Waals surface area contributed by atoms with Gasteiger partial charge in [-0.3, -0.25) is 4.98 Å². The van der Waals surface area contributed by atoms with Crippen molar-refractivity contribution in [3.05, 3.63) is 40.5 Å². The van der Waals surface area contributed by atoms with Crippen LogP contribution in [0.25, 0.3) is 10.4 Å². The molecule has 96 valence electrons. The number of rotatable bonds is 2. The number of hydrogen-bond acceptors (Lipinski definition) is 2. The monoisotopic (exact) mass is 291 g/mol. The van der Waals surface area contributed by atoms with E-state index in [2.05, 4.69) is 4.98 Å². The zero-order valence-electron chi connectivity index (χ0n) is 9.38. The predicted molar refractivity (Wildman–Crippen MR) is 66.8 cm³/mol. The molecule has 0 saturated heterocycles. The first-order chi connectivity index (χ1) is 8.41. The number of thiophene rings is 1. The first kappa shape index (κ1) is 13.4. The van der Waals surface area contributed by atoms with Gasteiger partial charge in [0.15, 0.2) is 0 Å². The fourth-order valence-electron chi connectivity index (χ4n) is 1.49. The minimum absolute atomic E-state index is 0.296. The Bertz CT molecular complexity index is 563. The summed E-state index contributed by atoms with van der Waals surface area (Å²) in [5.41, 5.74) is 2.29. The van der Waals surface area contributed by atoms with Crippen LogP contribution in [0.15, 0.2) is 24.4 Å². The highest BCUT2D eigenvalue weighted by atomic mass is 35.5. The van der Waals surface area contributed by atoms with E-state index in [1.165, 1.54) is 6.07 Å². The van der Waals surface area contributed by atoms with Crippen molar-refractivity contribution < 1.29 is 13.2 Å². The van der Waals surface area contributed by atoms with Crippen LogP contribution in [0.2, 0.25) is 0 Å². The molecule has 0 saturated carbocycles. The standard InChI is InChI=1S/C12H9ClF3NS/c1-7-8(5-13)4-9(6-17-7)10-2-3-11(18-10)12(14,15)16/h2-4,6H,5H2,1H3. The van der Waals surface area contributed by atoms with E-state index < -0.39 is 11.1 Å². The lowest BCUT2D eigenvalue weighted by atomic mass is 10.1. The highest BCUT2D eigenvalue weighted by molar-refractivity contribution is 7.15. The lowest BCUT2D eigenvalue weighted by Gasteiger charge is -2.04. The van der Waals surface area contributed by atoms with Crippen molar-refractivity contribution in [1.29, 1.82) is 0 Å². The Morgan fingerprint density at radius 3 is 2.61 bits per heavy atom.